The molecule has 2 aliphatic heterocycles. The van der Waals surface area contributed by atoms with Crippen LogP contribution in [-0.4, -0.2) is 42.2 Å². The minimum absolute atomic E-state index is 0.0609. The fourth-order valence-electron chi connectivity index (χ4n) is 4.02. The van der Waals surface area contributed by atoms with Crippen molar-refractivity contribution in [3.63, 3.8) is 0 Å². The van der Waals surface area contributed by atoms with Crippen LogP contribution < -0.4 is 14.8 Å². The normalized spacial score (nSPS) is 22.6. The van der Waals surface area contributed by atoms with E-state index in [1.165, 1.54) is 6.07 Å². The molecule has 0 amide bonds. The third-order valence-electron chi connectivity index (χ3n) is 5.22. The van der Waals surface area contributed by atoms with E-state index in [-0.39, 0.29) is 23.3 Å². The molecule has 0 spiro atoms. The van der Waals surface area contributed by atoms with Crippen LogP contribution in [-0.2, 0) is 0 Å². The van der Waals surface area contributed by atoms with Gasteiger partial charge in [-0.15, -0.1) is 0 Å². The van der Waals surface area contributed by atoms with Gasteiger partial charge in [-0.2, -0.15) is 4.98 Å². The highest BCUT2D eigenvalue weighted by Gasteiger charge is 2.33. The molecule has 1 aromatic heterocycles. The van der Waals surface area contributed by atoms with Gasteiger partial charge in [0.05, 0.1) is 12.7 Å². The summed E-state index contributed by atoms with van der Waals surface area (Å²) in [4.78, 5) is 6.47. The molecule has 2 aliphatic rings. The van der Waals surface area contributed by atoms with Gasteiger partial charge in [0.15, 0.2) is 11.0 Å². The number of nitrogens with zero attached hydrogens (tertiary/aromatic N) is 2. The molecule has 1 saturated heterocycles. The highest BCUT2D eigenvalue weighted by molar-refractivity contribution is 6.29. The van der Waals surface area contributed by atoms with Gasteiger partial charge < -0.3 is 14.8 Å². The minimum atomic E-state index is -0.502. The number of para-hydroxylation sites is 1. The lowest BCUT2D eigenvalue weighted by molar-refractivity contribution is 0.102. The van der Waals surface area contributed by atoms with Crippen LogP contribution in [0.1, 0.15) is 43.5 Å². The van der Waals surface area contributed by atoms with Gasteiger partial charge in [0.25, 0.3) is 0 Å². The van der Waals surface area contributed by atoms with Gasteiger partial charge >= 0.3 is 0 Å². The van der Waals surface area contributed by atoms with Gasteiger partial charge in [0.1, 0.15) is 5.75 Å². The van der Waals surface area contributed by atoms with Crippen molar-refractivity contribution < 1.29 is 13.9 Å². The molecule has 150 valence electrons. The number of benzene rings is 1. The molecule has 3 heterocycles. The fourth-order valence-corrected chi connectivity index (χ4v) is 4.15. The van der Waals surface area contributed by atoms with Gasteiger partial charge in [-0.3, -0.25) is 4.90 Å². The van der Waals surface area contributed by atoms with Crippen LogP contribution in [0.5, 0.6) is 11.6 Å². The Balaban J connectivity index is 1.59. The number of halogens is 2. The molecule has 7 heteroatoms. The second kappa shape index (κ2) is 8.23. The van der Waals surface area contributed by atoms with Crippen LogP contribution in [0.25, 0.3) is 0 Å². The van der Waals surface area contributed by atoms with E-state index in [1.807, 2.05) is 32.0 Å². The minimum Gasteiger partial charge on any atom is -0.491 e. The van der Waals surface area contributed by atoms with Gasteiger partial charge in [-0.05, 0) is 26.0 Å². The predicted octanol–water partition coefficient (Wildman–Crippen LogP) is 4.13. The van der Waals surface area contributed by atoms with E-state index in [9.17, 15) is 4.39 Å². The van der Waals surface area contributed by atoms with Crippen molar-refractivity contribution >= 4 is 11.6 Å². The summed E-state index contributed by atoms with van der Waals surface area (Å²) in [7, 11) is 0. The molecule has 0 aliphatic carbocycles. The van der Waals surface area contributed by atoms with Gasteiger partial charge in [-0.25, -0.2) is 4.39 Å². The summed E-state index contributed by atoms with van der Waals surface area (Å²) in [5, 5.41) is 3.46. The fraction of sp³-hybridized carbons (Fsp3) is 0.476. The van der Waals surface area contributed by atoms with E-state index in [0.717, 1.165) is 42.9 Å². The number of hydrogen-bond donors (Lipinski definition) is 1. The van der Waals surface area contributed by atoms with Crippen LogP contribution in [0.3, 0.4) is 0 Å². The molecule has 0 bridgehead atoms. The Hall–Kier alpha value is -1.89. The zero-order valence-corrected chi connectivity index (χ0v) is 16.9. The smallest absolute Gasteiger partial charge is 0.219 e. The van der Waals surface area contributed by atoms with Gasteiger partial charge in [0, 0.05) is 49.3 Å². The summed E-state index contributed by atoms with van der Waals surface area (Å²) in [6.07, 6.45) is 0.911. The third-order valence-corrected chi connectivity index (χ3v) is 5.48. The lowest BCUT2D eigenvalue weighted by atomic mass is 9.97. The SMILES string of the molecule is CC(C)Oc1ccccc1[C@@H]1CN([C@@H]2CCOc3nc(Cl)c(F)cc32)CCN1. The maximum absolute atomic E-state index is 14.1. The van der Waals surface area contributed by atoms with Crippen molar-refractivity contribution in [1.82, 2.24) is 15.2 Å². The van der Waals surface area contributed by atoms with Crippen LogP contribution in [0, 0.1) is 5.82 Å². The molecule has 28 heavy (non-hydrogen) atoms. The van der Waals surface area contributed by atoms with Crippen molar-refractivity contribution in [2.75, 3.05) is 26.2 Å². The molecular weight excluding hydrogens is 381 g/mol. The number of pyridine rings is 1. The topological polar surface area (TPSA) is 46.6 Å². The molecule has 4 rings (SSSR count). The zero-order valence-electron chi connectivity index (χ0n) is 16.1. The quantitative estimate of drug-likeness (QED) is 0.775. The Bertz CT molecular complexity index is 848. The molecule has 1 fully saturated rings. The number of ether oxygens (including phenoxy) is 2. The molecule has 1 N–H and O–H groups in total. The summed E-state index contributed by atoms with van der Waals surface area (Å²) in [6, 6.07) is 9.83. The number of rotatable bonds is 4. The van der Waals surface area contributed by atoms with Crippen LogP contribution in [0.2, 0.25) is 5.15 Å². The highest BCUT2D eigenvalue weighted by Crippen LogP contribution is 2.38. The van der Waals surface area contributed by atoms with Crippen LogP contribution in [0.4, 0.5) is 4.39 Å². The van der Waals surface area contributed by atoms with Crippen LogP contribution >= 0.6 is 11.6 Å². The average Bonchev–Trinajstić information content (AvgIpc) is 2.68. The lowest BCUT2D eigenvalue weighted by Crippen LogP contribution is -2.48. The van der Waals surface area contributed by atoms with Crippen molar-refractivity contribution in [1.29, 1.82) is 0 Å². The van der Waals surface area contributed by atoms with E-state index in [0.29, 0.717) is 12.5 Å². The standard InChI is InChI=1S/C21H25ClFN3O2/c1-13(2)28-19-6-4-3-5-14(19)17-12-26(9-8-24-17)18-7-10-27-21-15(18)11-16(23)20(22)25-21/h3-6,11,13,17-18,24H,7-10,12H2,1-2H3/t17-,18+/m0/s1. The van der Waals surface area contributed by atoms with Crippen molar-refractivity contribution in [3.8, 4) is 11.6 Å². The number of aromatic nitrogens is 1. The second-order valence-electron chi connectivity index (χ2n) is 7.51. The Morgan fingerprint density at radius 2 is 2.14 bits per heavy atom. The van der Waals surface area contributed by atoms with Crippen molar-refractivity contribution in [2.45, 2.75) is 38.5 Å². The molecule has 0 radical (unpaired) electrons. The molecule has 0 unspecified atom stereocenters. The monoisotopic (exact) mass is 405 g/mol. The predicted molar refractivity (Wildman–Crippen MR) is 107 cm³/mol. The average molecular weight is 406 g/mol. The number of piperazine rings is 1. The lowest BCUT2D eigenvalue weighted by Gasteiger charge is -2.41. The Morgan fingerprint density at radius 3 is 2.96 bits per heavy atom. The van der Waals surface area contributed by atoms with E-state index in [4.69, 9.17) is 21.1 Å². The van der Waals surface area contributed by atoms with Gasteiger partial charge in [0.2, 0.25) is 5.88 Å². The maximum Gasteiger partial charge on any atom is 0.219 e. The summed E-state index contributed by atoms with van der Waals surface area (Å²) in [5.74, 6) is 0.850. The number of fused-ring (bicyclic) bond motifs is 1. The van der Waals surface area contributed by atoms with Gasteiger partial charge in [-0.1, -0.05) is 29.8 Å². The molecule has 5 nitrogen and oxygen atoms in total. The first kappa shape index (κ1) is 19.4. The number of nitrogens with one attached hydrogen (secondary N) is 1. The Kier molecular flexibility index (Phi) is 5.71. The highest BCUT2D eigenvalue weighted by atomic mass is 35.5. The Labute approximate surface area is 169 Å². The van der Waals surface area contributed by atoms with E-state index in [2.05, 4.69) is 21.3 Å². The van der Waals surface area contributed by atoms with Crippen LogP contribution in [0.15, 0.2) is 30.3 Å². The van der Waals surface area contributed by atoms with Crippen molar-refractivity contribution in [2.24, 2.45) is 0 Å². The second-order valence-corrected chi connectivity index (χ2v) is 7.87. The number of hydrogen-bond acceptors (Lipinski definition) is 5. The molecular formula is C21H25ClFN3O2. The Morgan fingerprint density at radius 1 is 1.32 bits per heavy atom. The summed E-state index contributed by atoms with van der Waals surface area (Å²) >= 11 is 5.84. The first-order valence-corrected chi connectivity index (χ1v) is 10.1. The first-order valence-electron chi connectivity index (χ1n) is 9.74. The summed E-state index contributed by atoms with van der Waals surface area (Å²) < 4.78 is 25.7. The first-order chi connectivity index (χ1) is 13.5. The van der Waals surface area contributed by atoms with E-state index in [1.54, 1.807) is 0 Å². The molecule has 2 atom stereocenters. The molecule has 1 aromatic carbocycles. The van der Waals surface area contributed by atoms with Crippen molar-refractivity contribution in [3.05, 3.63) is 52.4 Å². The molecule has 0 saturated carbocycles. The zero-order chi connectivity index (χ0) is 19.7. The summed E-state index contributed by atoms with van der Waals surface area (Å²) in [6.45, 7) is 7.13. The van der Waals surface area contributed by atoms with E-state index >= 15 is 0 Å². The van der Waals surface area contributed by atoms with E-state index < -0.39 is 5.82 Å². The molecule has 2 aromatic rings. The summed E-state index contributed by atoms with van der Waals surface area (Å²) in [5.41, 5.74) is 1.93. The maximum atomic E-state index is 14.1. The largest absolute Gasteiger partial charge is 0.491 e. The third kappa shape index (κ3) is 3.95.